The van der Waals surface area contributed by atoms with Gasteiger partial charge in [0.1, 0.15) is 17.3 Å². The van der Waals surface area contributed by atoms with Crippen molar-refractivity contribution in [1.82, 2.24) is 25.0 Å². The number of anilines is 2. The molecule has 15 heteroatoms. The molecule has 4 amide bonds. The number of amides is 4. The van der Waals surface area contributed by atoms with Gasteiger partial charge in [-0.15, -0.1) is 0 Å². The first-order valence-corrected chi connectivity index (χ1v) is 14.5. The molecule has 2 aromatic carbocycles. The molecule has 2 N–H and O–H groups in total. The van der Waals surface area contributed by atoms with Crippen LogP contribution >= 0.6 is 0 Å². The summed E-state index contributed by atoms with van der Waals surface area (Å²) in [5.74, 6) is -1.08. The summed E-state index contributed by atoms with van der Waals surface area (Å²) >= 11 is 0. The van der Waals surface area contributed by atoms with Crippen molar-refractivity contribution in [2.45, 2.75) is 38.0 Å². The highest BCUT2D eigenvalue weighted by atomic mass is 19.4. The Hall–Kier alpha value is -5.05. The molecule has 46 heavy (non-hydrogen) atoms. The number of hydrogen-bond donors (Lipinski definition) is 2. The maximum Gasteiger partial charge on any atom is 0.433 e. The van der Waals surface area contributed by atoms with E-state index in [0.29, 0.717) is 47.8 Å². The molecule has 2 aromatic heterocycles. The molecule has 240 valence electrons. The standard InChI is InChI=1S/C31H29F4N7O4/c1-46-26-14-24-20(12-25(26)37-29(44)18-3-5-27(36-15-18)31(33,34)35)17-42(39-24)21-6-9-40(10-7-21)16-19-2-4-22(13-23(19)32)41-11-8-28(43)38-30(41)45/h2-5,12-15,17,21H,6-11,16H2,1H3,(H,37,44)(H,38,43,45). The van der Waals surface area contributed by atoms with Gasteiger partial charge in [-0.25, -0.2) is 9.18 Å². The van der Waals surface area contributed by atoms with E-state index in [0.717, 1.165) is 36.6 Å². The predicted molar refractivity (Wildman–Crippen MR) is 159 cm³/mol. The molecule has 2 saturated heterocycles. The van der Waals surface area contributed by atoms with Crippen LogP contribution in [0, 0.1) is 5.82 Å². The van der Waals surface area contributed by atoms with E-state index in [9.17, 15) is 27.6 Å². The number of benzene rings is 2. The molecule has 6 rings (SSSR count). The zero-order chi connectivity index (χ0) is 32.6. The lowest BCUT2D eigenvalue weighted by molar-refractivity contribution is -0.141. The number of piperidine rings is 1. The summed E-state index contributed by atoms with van der Waals surface area (Å²) in [6.45, 7) is 2.00. The third kappa shape index (κ3) is 6.49. The minimum absolute atomic E-state index is 0.0412. The lowest BCUT2D eigenvalue weighted by atomic mass is 10.0. The van der Waals surface area contributed by atoms with Crippen LogP contribution in [0.5, 0.6) is 5.75 Å². The molecule has 4 heterocycles. The maximum atomic E-state index is 15.0. The van der Waals surface area contributed by atoms with Crippen molar-refractivity contribution in [3.8, 4) is 5.75 Å². The quantitative estimate of drug-likeness (QED) is 0.269. The largest absolute Gasteiger partial charge is 0.494 e. The number of likely N-dealkylation sites (tertiary alicyclic amines) is 1. The Bertz CT molecular complexity index is 1800. The fraction of sp³-hybridized carbons (Fsp3) is 0.323. The number of urea groups is 1. The number of ether oxygens (including phenoxy) is 1. The highest BCUT2D eigenvalue weighted by Crippen LogP contribution is 2.33. The third-order valence-electron chi connectivity index (χ3n) is 8.14. The molecular formula is C31H29F4N7O4. The molecule has 0 unspecified atom stereocenters. The van der Waals surface area contributed by atoms with Crippen LogP contribution in [-0.4, -0.2) is 64.3 Å². The van der Waals surface area contributed by atoms with Crippen LogP contribution in [0.2, 0.25) is 0 Å². The number of rotatable bonds is 7. The van der Waals surface area contributed by atoms with Crippen LogP contribution in [0.1, 0.15) is 46.9 Å². The van der Waals surface area contributed by atoms with Crippen LogP contribution in [0.15, 0.2) is 54.9 Å². The smallest absolute Gasteiger partial charge is 0.433 e. The summed E-state index contributed by atoms with van der Waals surface area (Å²) in [7, 11) is 1.44. The van der Waals surface area contributed by atoms with Crippen LogP contribution in [0.4, 0.5) is 33.7 Å². The molecule has 2 aliphatic rings. The van der Waals surface area contributed by atoms with Gasteiger partial charge in [-0.2, -0.15) is 18.3 Å². The SMILES string of the molecule is COc1cc2nn(C3CCN(Cc4ccc(N5CCC(=O)NC5=O)cc4F)CC3)cc2cc1NC(=O)c1ccc(C(F)(F)F)nc1. The second-order valence-electron chi connectivity index (χ2n) is 11.1. The van der Waals surface area contributed by atoms with Gasteiger partial charge in [0, 0.05) is 67.7 Å². The van der Waals surface area contributed by atoms with Gasteiger partial charge < -0.3 is 10.1 Å². The van der Waals surface area contributed by atoms with E-state index in [1.54, 1.807) is 24.3 Å². The van der Waals surface area contributed by atoms with Crippen molar-refractivity contribution < 1.29 is 36.7 Å². The molecule has 2 aliphatic heterocycles. The van der Waals surface area contributed by atoms with Crippen LogP contribution < -0.4 is 20.3 Å². The number of carbonyl (C=O) groups excluding carboxylic acids is 3. The molecule has 0 bridgehead atoms. The number of alkyl halides is 3. The number of halogens is 4. The molecule has 4 aromatic rings. The first kappa shape index (κ1) is 31.0. The highest BCUT2D eigenvalue weighted by molar-refractivity contribution is 6.06. The Morgan fingerprint density at radius 2 is 1.87 bits per heavy atom. The first-order valence-electron chi connectivity index (χ1n) is 14.5. The third-order valence-corrected chi connectivity index (χ3v) is 8.14. The summed E-state index contributed by atoms with van der Waals surface area (Å²) < 4.78 is 60.8. The molecule has 0 saturated carbocycles. The number of aromatic nitrogens is 3. The van der Waals surface area contributed by atoms with Gasteiger partial charge >= 0.3 is 12.2 Å². The number of methoxy groups -OCH3 is 1. The number of nitrogens with zero attached hydrogens (tertiary/aromatic N) is 5. The molecule has 0 aliphatic carbocycles. The molecule has 0 atom stereocenters. The van der Waals surface area contributed by atoms with E-state index in [1.807, 2.05) is 10.9 Å². The first-order chi connectivity index (χ1) is 22.0. The van der Waals surface area contributed by atoms with Gasteiger partial charge in [-0.1, -0.05) is 6.07 Å². The van der Waals surface area contributed by atoms with Crippen molar-refractivity contribution in [3.63, 3.8) is 0 Å². The van der Waals surface area contributed by atoms with Crippen molar-refractivity contribution >= 4 is 40.1 Å². The lowest BCUT2D eigenvalue weighted by Gasteiger charge is -2.32. The topological polar surface area (TPSA) is 122 Å². The minimum Gasteiger partial charge on any atom is -0.494 e. The van der Waals surface area contributed by atoms with Crippen LogP contribution in [0.25, 0.3) is 10.9 Å². The molecule has 2 fully saturated rings. The van der Waals surface area contributed by atoms with E-state index < -0.39 is 29.6 Å². The number of hydrogen-bond acceptors (Lipinski definition) is 7. The second kappa shape index (κ2) is 12.4. The van der Waals surface area contributed by atoms with Gasteiger partial charge in [0.15, 0.2) is 0 Å². The Labute approximate surface area is 260 Å². The predicted octanol–water partition coefficient (Wildman–Crippen LogP) is 5.13. The fourth-order valence-corrected chi connectivity index (χ4v) is 5.64. The monoisotopic (exact) mass is 639 g/mol. The van der Waals surface area contributed by atoms with Crippen molar-refractivity contribution in [2.24, 2.45) is 0 Å². The maximum absolute atomic E-state index is 15.0. The summed E-state index contributed by atoms with van der Waals surface area (Å²) in [6.07, 6.45) is -0.187. The average Bonchev–Trinajstić information content (AvgIpc) is 3.44. The van der Waals surface area contributed by atoms with Gasteiger partial charge in [-0.05, 0) is 43.2 Å². The van der Waals surface area contributed by atoms with Crippen LogP contribution in [0.3, 0.4) is 0 Å². The number of pyridine rings is 1. The normalized spacial score (nSPS) is 16.5. The number of fused-ring (bicyclic) bond motifs is 1. The lowest BCUT2D eigenvalue weighted by Crippen LogP contribution is -2.49. The second-order valence-corrected chi connectivity index (χ2v) is 11.1. The Balaban J connectivity index is 1.09. The zero-order valence-electron chi connectivity index (χ0n) is 24.6. The van der Waals surface area contributed by atoms with E-state index in [2.05, 4.69) is 20.5 Å². The number of nitrogens with one attached hydrogen (secondary N) is 2. The summed E-state index contributed by atoms with van der Waals surface area (Å²) in [6, 6.07) is 9.37. The number of carbonyl (C=O) groups is 3. The van der Waals surface area contributed by atoms with E-state index >= 15 is 4.39 Å². The van der Waals surface area contributed by atoms with Gasteiger partial charge in [0.25, 0.3) is 5.91 Å². The fourth-order valence-electron chi connectivity index (χ4n) is 5.64. The van der Waals surface area contributed by atoms with Crippen molar-refractivity contribution in [2.75, 3.05) is 37.0 Å². The van der Waals surface area contributed by atoms with E-state index in [4.69, 9.17) is 9.84 Å². The number of imide groups is 1. The molecule has 0 radical (unpaired) electrons. The zero-order valence-corrected chi connectivity index (χ0v) is 24.6. The average molecular weight is 640 g/mol. The Kier molecular flexibility index (Phi) is 8.34. The highest BCUT2D eigenvalue weighted by Gasteiger charge is 2.32. The van der Waals surface area contributed by atoms with E-state index in [1.165, 1.54) is 18.1 Å². The van der Waals surface area contributed by atoms with Gasteiger partial charge in [-0.3, -0.25) is 34.4 Å². The summed E-state index contributed by atoms with van der Waals surface area (Å²) in [5.41, 5.74) is 0.744. The van der Waals surface area contributed by atoms with Crippen molar-refractivity contribution in [1.29, 1.82) is 0 Å². The Morgan fingerprint density at radius 1 is 1.09 bits per heavy atom. The Morgan fingerprint density at radius 3 is 2.52 bits per heavy atom. The van der Waals surface area contributed by atoms with E-state index in [-0.39, 0.29) is 30.5 Å². The molecule has 0 spiro atoms. The molecule has 11 nitrogen and oxygen atoms in total. The minimum atomic E-state index is -4.61. The van der Waals surface area contributed by atoms with Gasteiger partial charge in [0.2, 0.25) is 5.91 Å². The summed E-state index contributed by atoms with van der Waals surface area (Å²) in [4.78, 5) is 43.1. The summed E-state index contributed by atoms with van der Waals surface area (Å²) in [5, 5.41) is 10.4. The van der Waals surface area contributed by atoms with Gasteiger partial charge in [0.05, 0.1) is 29.9 Å². The molecular weight excluding hydrogens is 610 g/mol. The van der Waals surface area contributed by atoms with Crippen molar-refractivity contribution in [3.05, 3.63) is 77.5 Å². The van der Waals surface area contributed by atoms with Crippen LogP contribution in [-0.2, 0) is 17.5 Å².